The van der Waals surface area contributed by atoms with Gasteiger partial charge in [0.2, 0.25) is 23.1 Å². The van der Waals surface area contributed by atoms with Gasteiger partial charge in [-0.3, -0.25) is 47.3 Å². The molecule has 0 aromatic heterocycles. The van der Waals surface area contributed by atoms with E-state index in [9.17, 15) is 72.6 Å². The van der Waals surface area contributed by atoms with Crippen molar-refractivity contribution in [3.05, 3.63) is 97.7 Å². The van der Waals surface area contributed by atoms with Crippen LogP contribution in [0.15, 0.2) is 81.1 Å². The van der Waals surface area contributed by atoms with Crippen LogP contribution in [0.4, 0.5) is 5.69 Å². The van der Waals surface area contributed by atoms with Crippen molar-refractivity contribution < 1.29 is 153 Å². The fourth-order valence-electron chi connectivity index (χ4n) is 5.23. The van der Waals surface area contributed by atoms with Crippen molar-refractivity contribution in [1.29, 1.82) is 0 Å². The third kappa shape index (κ3) is 27.0. The maximum absolute atomic E-state index is 12.1. The Balaban J connectivity index is -0.000000457. The number of amides is 2. The Bertz CT molecular complexity index is 3220. The zero-order chi connectivity index (χ0) is 61.2. The number of allylic oxidation sites excluding steroid dienone is 8. The van der Waals surface area contributed by atoms with Crippen LogP contribution in [0.1, 0.15) is 62.3 Å². The quantitative estimate of drug-likeness (QED) is 0.0460. The number of nitrogens with zero attached hydrogens (tertiary/aromatic N) is 1. The number of nitro groups is 1. The number of halogens is 4. The molecule has 0 fully saturated rings. The molecule has 2 aromatic carbocycles. The summed E-state index contributed by atoms with van der Waals surface area (Å²) in [7, 11) is -14.7. The van der Waals surface area contributed by atoms with Gasteiger partial charge in [-0.15, -0.1) is 0 Å². The summed E-state index contributed by atoms with van der Waals surface area (Å²) in [6.07, 6.45) is 5.32. The van der Waals surface area contributed by atoms with E-state index in [4.69, 9.17) is 63.9 Å². The number of ketones is 4. The first-order valence-corrected chi connectivity index (χ1v) is 33.0. The topological polar surface area (TPSA) is 405 Å². The second-order valence-electron chi connectivity index (χ2n) is 14.9. The molecule has 0 aliphatic heterocycles. The summed E-state index contributed by atoms with van der Waals surface area (Å²) in [5.41, 5.74) is 0.318. The number of hydrogen-bond acceptors (Lipinski definition) is 23. The number of sulfone groups is 4. The zero-order valence-electron chi connectivity index (χ0n) is 44.5. The molecule has 0 radical (unpaired) electrons. The summed E-state index contributed by atoms with van der Waals surface area (Å²) in [6, 6.07) is 4.36. The molecule has 2 unspecified atom stereocenters. The molecule has 2 atom stereocenters. The van der Waals surface area contributed by atoms with Crippen LogP contribution in [-0.4, -0.2) is 149 Å². The van der Waals surface area contributed by atoms with Gasteiger partial charge in [-0.05, 0) is 72.3 Å². The Morgan fingerprint density at radius 2 is 0.911 bits per heavy atom. The minimum Gasteiger partial charge on any atom is -0.773 e. The van der Waals surface area contributed by atoms with Crippen molar-refractivity contribution in [3.8, 4) is 0 Å². The van der Waals surface area contributed by atoms with Gasteiger partial charge in [-0.1, -0.05) is 68.6 Å². The molecule has 4 rings (SSSR count). The van der Waals surface area contributed by atoms with Crippen LogP contribution in [0, 0.1) is 10.1 Å². The summed E-state index contributed by atoms with van der Waals surface area (Å²) in [5, 5.41) is 15.3. The molecule has 0 bridgehead atoms. The SMILES string of the molecule is CC1=C(C)C(=O)C(Cl)=C(Cl)C1=O.CC1=C(C)C(=O)C(S(C)(=O)=O)=C(S(C)(=O)=O)C1=O.CCNC(=O)c1cc(S(C)(=O)=O)c(S(C)(=O)=O)cc1SOOC.CCNC(=O)c1cc([N+](=O)[O-])c(Cl)cc1Cl.CS(=O)[O-].CS(=O)[O-].[Na+].[Na+]. The normalized spacial score (nSPS) is 14.3. The molecule has 2 amide bonds. The van der Waals surface area contributed by atoms with Crippen LogP contribution in [0.5, 0.6) is 0 Å². The van der Waals surface area contributed by atoms with Gasteiger partial charge in [0.05, 0.1) is 54.9 Å². The first-order chi connectivity index (χ1) is 34.8. The molecule has 0 saturated carbocycles. The predicted octanol–water partition coefficient (Wildman–Crippen LogP) is -1.58. The molecular formula is C41H49Cl4N3Na2O22S7. The van der Waals surface area contributed by atoms with Gasteiger partial charge in [0.1, 0.15) is 24.9 Å². The van der Waals surface area contributed by atoms with Crippen molar-refractivity contribution >= 4 is 161 Å². The van der Waals surface area contributed by atoms with Gasteiger partial charge < -0.3 is 19.7 Å². The van der Waals surface area contributed by atoms with E-state index in [2.05, 4.69) is 19.9 Å². The standard InChI is InChI=1S/C12H17NO7S3.C10H12O6S2.C9H8Cl2N2O3.C8H6Cl2O2.2CH4O2S.2Na/c1-5-13-12(14)8-6-10(22(3,15)16)11(23(4,17)18)7-9(8)21-20-19-2;1-5-6(2)8(12)10(18(4,15)16)9(7(5)11)17(3,13)14;1-2-12-9(14)5-3-8(13(15)16)7(11)4-6(5)10;1-3-4(2)8(12)6(10)5(9)7(3)11;2*1-4(2)3;;/h6-7H,5H2,1-4H3,(H,13,14);1-4H3;3-4H,2H2,1H3,(H,12,14);1-2H3;2*1H3,(H,2,3);;/q;;;;;;2*+1/p-2. The van der Waals surface area contributed by atoms with E-state index in [-0.39, 0.29) is 124 Å². The molecule has 0 spiro atoms. The Morgan fingerprint density at radius 3 is 1.20 bits per heavy atom. The Kier molecular flexibility index (Phi) is 38.6. The fourth-order valence-corrected chi connectivity index (χ4v) is 12.0. The second-order valence-corrected chi connectivity index (χ2v) is 26.7. The smallest absolute Gasteiger partial charge is 0.773 e. The maximum Gasteiger partial charge on any atom is 1.00 e. The van der Waals surface area contributed by atoms with Crippen LogP contribution in [0.3, 0.4) is 0 Å². The van der Waals surface area contributed by atoms with E-state index >= 15 is 0 Å². The van der Waals surface area contributed by atoms with Crippen molar-refractivity contribution in [2.75, 3.05) is 57.7 Å². The molecule has 2 aliphatic rings. The van der Waals surface area contributed by atoms with E-state index < -0.39 is 109 Å². The summed E-state index contributed by atoms with van der Waals surface area (Å²) in [5.74, 6) is -3.62. The number of carbonyl (C=O) groups excluding carboxylic acids is 6. The number of hydrogen-bond donors (Lipinski definition) is 2. The van der Waals surface area contributed by atoms with E-state index in [0.29, 0.717) is 48.8 Å². The zero-order valence-corrected chi connectivity index (χ0v) is 57.3. The predicted molar refractivity (Wildman–Crippen MR) is 288 cm³/mol. The Morgan fingerprint density at radius 1 is 0.595 bits per heavy atom. The number of nitro benzene ring substituents is 1. The van der Waals surface area contributed by atoms with Gasteiger partial charge in [-0.25, -0.2) is 38.6 Å². The minimum atomic E-state index is -4.10. The molecule has 0 saturated heterocycles. The van der Waals surface area contributed by atoms with Crippen molar-refractivity contribution in [2.45, 2.75) is 56.2 Å². The monoisotopic (exact) mass is 1340 g/mol. The van der Waals surface area contributed by atoms with E-state index in [1.165, 1.54) is 27.0 Å². The minimum absolute atomic E-state index is 0. The third-order valence-electron chi connectivity index (χ3n) is 8.87. The molecule has 2 N–H and O–H groups in total. The number of carbonyl (C=O) groups is 6. The molecular weight excluding hydrogens is 1300 g/mol. The van der Waals surface area contributed by atoms with Crippen LogP contribution in [0.2, 0.25) is 10.0 Å². The van der Waals surface area contributed by atoms with E-state index in [1.807, 2.05) is 0 Å². The summed E-state index contributed by atoms with van der Waals surface area (Å²) < 4.78 is 134. The Labute approximate surface area is 530 Å². The van der Waals surface area contributed by atoms with Gasteiger partial charge in [0, 0.05) is 66.5 Å². The molecule has 2 aromatic rings. The van der Waals surface area contributed by atoms with Crippen LogP contribution in [-0.2, 0) is 89.9 Å². The van der Waals surface area contributed by atoms with Gasteiger partial charge in [-0.2, -0.15) is 4.33 Å². The number of nitrogens with one attached hydrogen (secondary N) is 2. The maximum atomic E-state index is 12.1. The van der Waals surface area contributed by atoms with E-state index in [1.54, 1.807) is 27.7 Å². The molecule has 38 heteroatoms. The van der Waals surface area contributed by atoms with Crippen LogP contribution >= 0.6 is 58.4 Å². The molecule has 79 heavy (non-hydrogen) atoms. The van der Waals surface area contributed by atoms with Gasteiger partial charge in [0.25, 0.3) is 17.5 Å². The van der Waals surface area contributed by atoms with E-state index in [0.717, 1.165) is 43.2 Å². The third-order valence-corrected chi connectivity index (χ3v) is 15.8. The summed E-state index contributed by atoms with van der Waals surface area (Å²) in [6.45, 7) is 9.85. The summed E-state index contributed by atoms with van der Waals surface area (Å²) in [4.78, 5) is 81.5. The van der Waals surface area contributed by atoms with Gasteiger partial charge >= 0.3 is 59.1 Å². The van der Waals surface area contributed by atoms with Crippen molar-refractivity contribution in [2.24, 2.45) is 0 Å². The molecule has 2 aliphatic carbocycles. The average Bonchev–Trinajstić information content (AvgIpc) is 3.27. The number of benzene rings is 2. The fraction of sp³-hybridized carbons (Fsp3) is 0.366. The van der Waals surface area contributed by atoms with Crippen LogP contribution < -0.4 is 69.7 Å². The first kappa shape index (κ1) is 83.3. The first-order valence-electron chi connectivity index (χ1n) is 20.2. The van der Waals surface area contributed by atoms with Crippen molar-refractivity contribution in [3.63, 3.8) is 0 Å². The number of Topliss-reactive ketones (excluding diaryl/α,β-unsaturated/α-hetero) is 4. The number of rotatable bonds is 12. The molecule has 432 valence electrons. The van der Waals surface area contributed by atoms with Crippen LogP contribution in [0.25, 0.3) is 0 Å². The largest absolute Gasteiger partial charge is 1.00 e. The molecule has 0 heterocycles. The molecule has 25 nitrogen and oxygen atoms in total. The average molecular weight is 1350 g/mol. The van der Waals surface area contributed by atoms with Crippen molar-refractivity contribution in [1.82, 2.24) is 10.6 Å². The second kappa shape index (κ2) is 36.5. The van der Waals surface area contributed by atoms with Gasteiger partial charge in [0.15, 0.2) is 39.3 Å². The Hall–Kier alpha value is -2.13. The summed E-state index contributed by atoms with van der Waals surface area (Å²) >= 11 is 19.3.